The topological polar surface area (TPSA) is 92.9 Å². The number of aliphatic hydroxyl groups excluding tert-OH is 1. The Morgan fingerprint density at radius 2 is 1.88 bits per heavy atom. The Balaban J connectivity index is 1.90. The number of aromatic nitrogens is 1. The predicted octanol–water partition coefficient (Wildman–Crippen LogP) is 4.71. The van der Waals surface area contributed by atoms with Crippen LogP contribution in [-0.2, 0) is 9.59 Å². The molecule has 1 unspecified atom stereocenters. The number of carbonyl (C=O) groups is 2. The fourth-order valence-corrected chi connectivity index (χ4v) is 3.71. The van der Waals surface area contributed by atoms with Crippen LogP contribution in [0.2, 0.25) is 0 Å². The summed E-state index contributed by atoms with van der Waals surface area (Å²) < 4.78 is 10.9. The Morgan fingerprint density at radius 1 is 1.12 bits per heavy atom. The summed E-state index contributed by atoms with van der Waals surface area (Å²) in [5, 5.41) is 15.1. The molecule has 1 amide bonds. The van der Waals surface area contributed by atoms with Crippen LogP contribution in [0.1, 0.15) is 41.8 Å². The minimum atomic E-state index is -0.883. The molecule has 0 spiro atoms. The Morgan fingerprint density at radius 3 is 2.53 bits per heavy atom. The maximum atomic E-state index is 13.1. The van der Waals surface area contributed by atoms with E-state index in [0.29, 0.717) is 29.2 Å². The average molecular weight is 432 g/mol. The van der Waals surface area contributed by atoms with Gasteiger partial charge in [0.15, 0.2) is 5.82 Å². The largest absolute Gasteiger partial charge is 0.507 e. The normalized spacial score (nSPS) is 17.7. The van der Waals surface area contributed by atoms with E-state index < -0.39 is 17.7 Å². The van der Waals surface area contributed by atoms with Gasteiger partial charge in [-0.15, -0.1) is 0 Å². The van der Waals surface area contributed by atoms with E-state index in [2.05, 4.69) is 5.16 Å². The van der Waals surface area contributed by atoms with Crippen LogP contribution < -0.4 is 9.64 Å². The van der Waals surface area contributed by atoms with Crippen LogP contribution in [0.15, 0.2) is 64.7 Å². The monoisotopic (exact) mass is 432 g/mol. The third kappa shape index (κ3) is 3.89. The predicted molar refractivity (Wildman–Crippen MR) is 119 cm³/mol. The molecule has 3 aromatic rings. The maximum absolute atomic E-state index is 13.1. The highest BCUT2D eigenvalue weighted by Gasteiger charge is 2.48. The summed E-state index contributed by atoms with van der Waals surface area (Å²) in [4.78, 5) is 27.5. The standard InChI is InChI=1S/C25H24N2O5/c1-4-12-31-19-7-5-6-18(14-19)22-21(23(28)17-10-8-15(2)9-11-17)24(29)25(30)27(22)20-13-16(3)32-26-20/h5-11,13-14,22,28H,4,12H2,1-3H3. The van der Waals surface area contributed by atoms with Crippen molar-refractivity contribution in [2.75, 3.05) is 11.5 Å². The second-order valence-corrected chi connectivity index (χ2v) is 7.75. The number of Topliss-reactive ketones (excluding diaryl/α,β-unsaturated/α-hetero) is 1. The molecule has 1 atom stereocenters. The van der Waals surface area contributed by atoms with Gasteiger partial charge in [0, 0.05) is 11.6 Å². The lowest BCUT2D eigenvalue weighted by Crippen LogP contribution is -2.29. The molecular formula is C25H24N2O5. The van der Waals surface area contributed by atoms with E-state index in [1.807, 2.05) is 32.0 Å². The lowest BCUT2D eigenvalue weighted by molar-refractivity contribution is -0.132. The summed E-state index contributed by atoms with van der Waals surface area (Å²) in [5.41, 5.74) is 2.07. The second-order valence-electron chi connectivity index (χ2n) is 7.75. The minimum Gasteiger partial charge on any atom is -0.507 e. The van der Waals surface area contributed by atoms with Crippen molar-refractivity contribution >= 4 is 23.3 Å². The molecule has 7 heteroatoms. The number of hydrogen-bond donors (Lipinski definition) is 1. The molecule has 0 bridgehead atoms. The molecule has 1 aliphatic heterocycles. The Labute approximate surface area is 185 Å². The summed E-state index contributed by atoms with van der Waals surface area (Å²) in [6.45, 7) is 6.17. The molecule has 1 N–H and O–H groups in total. The zero-order chi connectivity index (χ0) is 22.8. The Hall–Kier alpha value is -3.87. The van der Waals surface area contributed by atoms with Crippen molar-refractivity contribution in [1.82, 2.24) is 5.16 Å². The first-order valence-electron chi connectivity index (χ1n) is 10.4. The molecule has 164 valence electrons. The van der Waals surface area contributed by atoms with Gasteiger partial charge in [0.1, 0.15) is 17.3 Å². The molecule has 2 aromatic carbocycles. The smallest absolute Gasteiger partial charge is 0.301 e. The van der Waals surface area contributed by atoms with E-state index in [1.165, 1.54) is 4.90 Å². The van der Waals surface area contributed by atoms with Gasteiger partial charge >= 0.3 is 5.91 Å². The van der Waals surface area contributed by atoms with Gasteiger partial charge in [-0.1, -0.05) is 54.0 Å². The van der Waals surface area contributed by atoms with E-state index >= 15 is 0 Å². The zero-order valence-corrected chi connectivity index (χ0v) is 18.2. The van der Waals surface area contributed by atoms with E-state index in [0.717, 1.165) is 12.0 Å². The van der Waals surface area contributed by atoms with Crippen molar-refractivity contribution in [2.24, 2.45) is 0 Å². The Bertz CT molecular complexity index is 1190. The highest BCUT2D eigenvalue weighted by molar-refractivity contribution is 6.51. The van der Waals surface area contributed by atoms with Crippen molar-refractivity contribution in [3.05, 3.63) is 82.6 Å². The van der Waals surface area contributed by atoms with Crippen LogP contribution in [0.25, 0.3) is 5.76 Å². The molecule has 4 rings (SSSR count). The third-order valence-corrected chi connectivity index (χ3v) is 5.28. The molecule has 0 radical (unpaired) electrons. The Kier molecular flexibility index (Phi) is 5.81. The third-order valence-electron chi connectivity index (χ3n) is 5.28. The molecule has 32 heavy (non-hydrogen) atoms. The molecule has 1 saturated heterocycles. The van der Waals surface area contributed by atoms with Gasteiger partial charge in [-0.05, 0) is 38.0 Å². The first-order valence-corrected chi connectivity index (χ1v) is 10.4. The van der Waals surface area contributed by atoms with Crippen LogP contribution in [0.3, 0.4) is 0 Å². The van der Waals surface area contributed by atoms with Gasteiger partial charge in [-0.25, -0.2) is 0 Å². The number of carbonyl (C=O) groups excluding carboxylic acids is 2. The number of anilines is 1. The number of benzene rings is 2. The molecule has 2 heterocycles. The molecular weight excluding hydrogens is 408 g/mol. The first-order chi connectivity index (χ1) is 15.4. The lowest BCUT2D eigenvalue weighted by Gasteiger charge is -2.23. The number of rotatable bonds is 6. The number of amides is 1. The van der Waals surface area contributed by atoms with Crippen molar-refractivity contribution < 1.29 is 24.0 Å². The van der Waals surface area contributed by atoms with Crippen LogP contribution in [0, 0.1) is 13.8 Å². The van der Waals surface area contributed by atoms with E-state index in [1.54, 1.807) is 43.3 Å². The van der Waals surface area contributed by atoms with Crippen LogP contribution >= 0.6 is 0 Å². The lowest BCUT2D eigenvalue weighted by atomic mass is 9.95. The minimum absolute atomic E-state index is 0.00727. The molecule has 1 aromatic heterocycles. The van der Waals surface area contributed by atoms with E-state index in [9.17, 15) is 14.7 Å². The van der Waals surface area contributed by atoms with Crippen molar-refractivity contribution in [3.8, 4) is 5.75 Å². The van der Waals surface area contributed by atoms with Crippen molar-refractivity contribution in [2.45, 2.75) is 33.2 Å². The molecule has 0 aliphatic carbocycles. The number of aliphatic hydroxyl groups is 1. The fraction of sp³-hybridized carbons (Fsp3) is 0.240. The van der Waals surface area contributed by atoms with Gasteiger partial charge < -0.3 is 14.4 Å². The summed E-state index contributed by atoms with van der Waals surface area (Å²) in [7, 11) is 0. The van der Waals surface area contributed by atoms with Gasteiger partial charge in [0.25, 0.3) is 5.78 Å². The second kappa shape index (κ2) is 8.70. The maximum Gasteiger partial charge on any atom is 0.301 e. The van der Waals surface area contributed by atoms with Gasteiger partial charge in [-0.2, -0.15) is 0 Å². The van der Waals surface area contributed by atoms with Crippen molar-refractivity contribution in [1.29, 1.82) is 0 Å². The van der Waals surface area contributed by atoms with Gasteiger partial charge in [-0.3, -0.25) is 14.5 Å². The number of hydrogen-bond acceptors (Lipinski definition) is 6. The summed E-state index contributed by atoms with van der Waals surface area (Å²) in [6.07, 6.45) is 0.842. The number of nitrogens with zero attached hydrogens (tertiary/aromatic N) is 2. The number of aryl methyl sites for hydroxylation is 2. The first kappa shape index (κ1) is 21.4. The summed E-state index contributed by atoms with van der Waals surface area (Å²) in [5.74, 6) is -0.486. The van der Waals surface area contributed by atoms with E-state index in [-0.39, 0.29) is 17.2 Å². The van der Waals surface area contributed by atoms with Gasteiger partial charge in [0.2, 0.25) is 0 Å². The molecule has 0 saturated carbocycles. The number of ketones is 1. The van der Waals surface area contributed by atoms with E-state index in [4.69, 9.17) is 9.26 Å². The summed E-state index contributed by atoms with van der Waals surface area (Å²) >= 11 is 0. The molecule has 7 nitrogen and oxygen atoms in total. The SMILES string of the molecule is CCCOc1cccc(C2C(=C(O)c3ccc(C)cc3)C(=O)C(=O)N2c2cc(C)on2)c1. The van der Waals surface area contributed by atoms with Crippen LogP contribution in [0.4, 0.5) is 5.82 Å². The number of ether oxygens (including phenoxy) is 1. The highest BCUT2D eigenvalue weighted by Crippen LogP contribution is 2.42. The quantitative estimate of drug-likeness (QED) is 0.345. The van der Waals surface area contributed by atoms with Gasteiger partial charge in [0.05, 0.1) is 18.2 Å². The highest BCUT2D eigenvalue weighted by atomic mass is 16.5. The van der Waals surface area contributed by atoms with Crippen LogP contribution in [-0.4, -0.2) is 28.6 Å². The van der Waals surface area contributed by atoms with Crippen LogP contribution in [0.5, 0.6) is 5.75 Å². The summed E-state index contributed by atoms with van der Waals surface area (Å²) in [6, 6.07) is 15.0. The fourth-order valence-electron chi connectivity index (χ4n) is 3.71. The average Bonchev–Trinajstić information content (AvgIpc) is 3.33. The molecule has 1 aliphatic rings. The zero-order valence-electron chi connectivity index (χ0n) is 18.2. The molecule has 1 fully saturated rings. The van der Waals surface area contributed by atoms with Crippen molar-refractivity contribution in [3.63, 3.8) is 0 Å².